The van der Waals surface area contributed by atoms with Gasteiger partial charge in [-0.3, -0.25) is 9.63 Å². The zero-order valence-electron chi connectivity index (χ0n) is 8.37. The summed E-state index contributed by atoms with van der Waals surface area (Å²) in [6.45, 7) is 0.680. The first-order valence-corrected chi connectivity index (χ1v) is 5.14. The molecule has 0 spiro atoms. The van der Waals surface area contributed by atoms with Gasteiger partial charge in [0.25, 0.3) is 0 Å². The summed E-state index contributed by atoms with van der Waals surface area (Å²) in [4.78, 5) is 15.3. The van der Waals surface area contributed by atoms with Gasteiger partial charge in [-0.05, 0) is 12.3 Å². The van der Waals surface area contributed by atoms with Crippen LogP contribution in [0, 0.1) is 5.92 Å². The Morgan fingerprint density at radius 1 is 1.38 bits per heavy atom. The lowest BCUT2D eigenvalue weighted by atomic mass is 9.87. The highest BCUT2D eigenvalue weighted by molar-refractivity contribution is 5.44. The maximum atomic E-state index is 10.2. The van der Waals surface area contributed by atoms with E-state index in [4.69, 9.17) is 4.84 Å². The highest BCUT2D eigenvalue weighted by Crippen LogP contribution is 2.25. The number of carbonyl (C=O) groups excluding carboxylic acids is 1. The van der Waals surface area contributed by atoms with Crippen molar-refractivity contribution in [3.8, 4) is 0 Å². The predicted molar refractivity (Wildman–Crippen MR) is 51.0 cm³/mol. The molecule has 0 saturated heterocycles. The monoisotopic (exact) mass is 185 g/mol. The fourth-order valence-corrected chi connectivity index (χ4v) is 1.87. The van der Waals surface area contributed by atoms with Crippen LogP contribution >= 0.6 is 0 Å². The van der Waals surface area contributed by atoms with E-state index >= 15 is 0 Å². The van der Waals surface area contributed by atoms with Crippen LogP contribution in [0.3, 0.4) is 0 Å². The largest absolute Gasteiger partial charge is 0.276 e. The number of carbonyl (C=O) groups is 1. The van der Waals surface area contributed by atoms with Gasteiger partial charge < -0.3 is 0 Å². The quantitative estimate of drug-likeness (QED) is 0.484. The Balaban J connectivity index is 2.01. The lowest BCUT2D eigenvalue weighted by Crippen LogP contribution is -2.19. The Kier molecular flexibility index (Phi) is 4.83. The highest BCUT2D eigenvalue weighted by atomic mass is 16.7. The second kappa shape index (κ2) is 5.97. The van der Waals surface area contributed by atoms with Gasteiger partial charge >= 0.3 is 0 Å². The van der Waals surface area contributed by atoms with Gasteiger partial charge in [0.15, 0.2) is 0 Å². The molecule has 0 aromatic rings. The fourth-order valence-electron chi connectivity index (χ4n) is 1.87. The molecule has 0 heterocycles. The molecule has 0 aliphatic heterocycles. The molecule has 1 aliphatic rings. The summed E-state index contributed by atoms with van der Waals surface area (Å²) in [5, 5.41) is 1.24. The summed E-state index contributed by atoms with van der Waals surface area (Å²) < 4.78 is 0. The van der Waals surface area contributed by atoms with Gasteiger partial charge in [0.1, 0.15) is 0 Å². The predicted octanol–water partition coefficient (Wildman–Crippen LogP) is 1.98. The van der Waals surface area contributed by atoms with Crippen molar-refractivity contribution in [1.82, 2.24) is 5.06 Å². The maximum Gasteiger partial charge on any atom is 0.233 e. The summed E-state index contributed by atoms with van der Waals surface area (Å²) in [6.07, 6.45) is 8.61. The number of hydrogen-bond acceptors (Lipinski definition) is 2. The molecule has 1 rings (SSSR count). The van der Waals surface area contributed by atoms with Gasteiger partial charge in [0.05, 0.1) is 6.61 Å². The molecule has 3 heteroatoms. The molecule has 1 aliphatic carbocycles. The van der Waals surface area contributed by atoms with Crippen LogP contribution in [0.1, 0.15) is 38.5 Å². The lowest BCUT2D eigenvalue weighted by Gasteiger charge is -2.21. The third-order valence-corrected chi connectivity index (χ3v) is 2.69. The molecule has 0 aromatic carbocycles. The van der Waals surface area contributed by atoms with Crippen LogP contribution in [-0.4, -0.2) is 25.1 Å². The number of hydroxylamine groups is 2. The molecule has 1 saturated carbocycles. The SMILES string of the molecule is CN(C=O)OCCC1CCCCC1. The van der Waals surface area contributed by atoms with Gasteiger partial charge in [0, 0.05) is 7.05 Å². The van der Waals surface area contributed by atoms with Crippen LogP contribution < -0.4 is 0 Å². The zero-order valence-corrected chi connectivity index (χ0v) is 8.37. The van der Waals surface area contributed by atoms with Crippen molar-refractivity contribution >= 4 is 6.41 Å². The minimum Gasteiger partial charge on any atom is -0.276 e. The van der Waals surface area contributed by atoms with Crippen LogP contribution in [0.4, 0.5) is 0 Å². The molecular weight excluding hydrogens is 166 g/mol. The van der Waals surface area contributed by atoms with Crippen LogP contribution in [0.25, 0.3) is 0 Å². The molecule has 0 radical (unpaired) electrons. The van der Waals surface area contributed by atoms with Crippen molar-refractivity contribution in [3.05, 3.63) is 0 Å². The zero-order chi connectivity index (χ0) is 9.52. The summed E-state index contributed by atoms with van der Waals surface area (Å²) in [5.74, 6) is 0.828. The molecular formula is C10H19NO2. The van der Waals surface area contributed by atoms with Crippen LogP contribution in [-0.2, 0) is 9.63 Å². The lowest BCUT2D eigenvalue weighted by molar-refractivity contribution is -0.164. The van der Waals surface area contributed by atoms with E-state index in [1.807, 2.05) is 0 Å². The van der Waals surface area contributed by atoms with Crippen LogP contribution in [0.15, 0.2) is 0 Å². The minimum absolute atomic E-state index is 0.680. The highest BCUT2D eigenvalue weighted by Gasteiger charge is 2.12. The summed E-state index contributed by atoms with van der Waals surface area (Å²) >= 11 is 0. The third kappa shape index (κ3) is 4.27. The van der Waals surface area contributed by atoms with Crippen molar-refractivity contribution in [2.45, 2.75) is 38.5 Å². The Morgan fingerprint density at radius 3 is 2.69 bits per heavy atom. The van der Waals surface area contributed by atoms with Gasteiger partial charge in [-0.15, -0.1) is 0 Å². The first-order chi connectivity index (χ1) is 6.33. The van der Waals surface area contributed by atoms with E-state index < -0.39 is 0 Å². The molecule has 76 valence electrons. The fraction of sp³-hybridized carbons (Fsp3) is 0.900. The topological polar surface area (TPSA) is 29.5 Å². The van der Waals surface area contributed by atoms with Gasteiger partial charge in [-0.2, -0.15) is 0 Å². The first-order valence-electron chi connectivity index (χ1n) is 5.14. The van der Waals surface area contributed by atoms with Gasteiger partial charge in [0.2, 0.25) is 6.41 Å². The van der Waals surface area contributed by atoms with E-state index in [1.165, 1.54) is 37.2 Å². The average Bonchev–Trinajstić information content (AvgIpc) is 2.19. The molecule has 13 heavy (non-hydrogen) atoms. The number of hydrogen-bond donors (Lipinski definition) is 0. The molecule has 0 unspecified atom stereocenters. The molecule has 1 fully saturated rings. The first kappa shape index (κ1) is 10.5. The maximum absolute atomic E-state index is 10.2. The number of amides is 1. The minimum atomic E-state index is 0.680. The molecule has 0 bridgehead atoms. The van der Waals surface area contributed by atoms with Crippen LogP contribution in [0.5, 0.6) is 0 Å². The molecule has 3 nitrogen and oxygen atoms in total. The van der Waals surface area contributed by atoms with E-state index in [0.29, 0.717) is 13.0 Å². The summed E-state index contributed by atoms with van der Waals surface area (Å²) in [7, 11) is 1.63. The van der Waals surface area contributed by atoms with Crippen molar-refractivity contribution < 1.29 is 9.63 Å². The number of nitrogens with zero attached hydrogens (tertiary/aromatic N) is 1. The van der Waals surface area contributed by atoms with Crippen LogP contribution in [0.2, 0.25) is 0 Å². The second-order valence-electron chi connectivity index (χ2n) is 3.78. The molecule has 1 amide bonds. The van der Waals surface area contributed by atoms with Crippen molar-refractivity contribution in [2.75, 3.05) is 13.7 Å². The molecule has 0 atom stereocenters. The third-order valence-electron chi connectivity index (χ3n) is 2.69. The average molecular weight is 185 g/mol. The smallest absolute Gasteiger partial charge is 0.233 e. The Morgan fingerprint density at radius 2 is 2.08 bits per heavy atom. The van der Waals surface area contributed by atoms with Crippen molar-refractivity contribution in [1.29, 1.82) is 0 Å². The van der Waals surface area contributed by atoms with E-state index in [-0.39, 0.29) is 0 Å². The standard InChI is InChI=1S/C10H19NO2/c1-11(9-12)13-8-7-10-5-3-2-4-6-10/h9-10H,2-8H2,1H3. The van der Waals surface area contributed by atoms with Crippen molar-refractivity contribution in [2.24, 2.45) is 5.92 Å². The summed E-state index contributed by atoms with van der Waals surface area (Å²) in [6, 6.07) is 0. The van der Waals surface area contributed by atoms with E-state index in [2.05, 4.69) is 0 Å². The number of rotatable bonds is 5. The molecule has 0 aromatic heterocycles. The normalized spacial score (nSPS) is 18.5. The van der Waals surface area contributed by atoms with Crippen molar-refractivity contribution in [3.63, 3.8) is 0 Å². The Bertz CT molecular complexity index is 144. The second-order valence-corrected chi connectivity index (χ2v) is 3.78. The van der Waals surface area contributed by atoms with E-state index in [9.17, 15) is 4.79 Å². The van der Waals surface area contributed by atoms with Gasteiger partial charge in [-0.25, -0.2) is 5.06 Å². The van der Waals surface area contributed by atoms with E-state index in [0.717, 1.165) is 12.3 Å². The molecule has 0 N–H and O–H groups in total. The Hall–Kier alpha value is -0.570. The van der Waals surface area contributed by atoms with Gasteiger partial charge in [-0.1, -0.05) is 32.1 Å². The Labute approximate surface area is 80.0 Å². The summed E-state index contributed by atoms with van der Waals surface area (Å²) in [5.41, 5.74) is 0. The van der Waals surface area contributed by atoms with E-state index in [1.54, 1.807) is 7.05 Å².